The van der Waals surface area contributed by atoms with Crippen LogP contribution >= 0.6 is 0 Å². The van der Waals surface area contributed by atoms with E-state index < -0.39 is 0 Å². The number of amides is 3. The first kappa shape index (κ1) is 19.5. The molecule has 0 spiro atoms. The molecule has 1 rings (SSSR count). The highest BCUT2D eigenvalue weighted by Gasteiger charge is 2.39. The molecule has 1 aliphatic heterocycles. The summed E-state index contributed by atoms with van der Waals surface area (Å²) in [5.41, 5.74) is -0.255. The molecule has 132 valence electrons. The van der Waals surface area contributed by atoms with Gasteiger partial charge in [-0.05, 0) is 33.6 Å². The van der Waals surface area contributed by atoms with Crippen molar-refractivity contribution in [3.63, 3.8) is 0 Å². The molecule has 0 saturated carbocycles. The van der Waals surface area contributed by atoms with Crippen molar-refractivity contribution in [2.24, 2.45) is 11.8 Å². The second kappa shape index (κ2) is 8.31. The number of nitrogens with zero attached hydrogens (tertiary/aromatic N) is 1. The van der Waals surface area contributed by atoms with Crippen LogP contribution < -0.4 is 10.6 Å². The van der Waals surface area contributed by atoms with Crippen LogP contribution in [0.5, 0.6) is 0 Å². The van der Waals surface area contributed by atoms with Gasteiger partial charge in [0.15, 0.2) is 0 Å². The van der Waals surface area contributed by atoms with E-state index in [1.807, 2.05) is 34.6 Å². The molecule has 1 heterocycles. The molecule has 1 fully saturated rings. The minimum atomic E-state index is -0.295. The van der Waals surface area contributed by atoms with Gasteiger partial charge in [0.1, 0.15) is 0 Å². The summed E-state index contributed by atoms with van der Waals surface area (Å²) < 4.78 is 0. The van der Waals surface area contributed by atoms with Gasteiger partial charge >= 0.3 is 0 Å². The highest BCUT2D eigenvalue weighted by molar-refractivity contribution is 5.89. The first-order chi connectivity index (χ1) is 10.7. The molecule has 0 aliphatic carbocycles. The van der Waals surface area contributed by atoms with Crippen LogP contribution in [-0.2, 0) is 14.4 Å². The Morgan fingerprint density at radius 3 is 2.22 bits per heavy atom. The Morgan fingerprint density at radius 2 is 1.74 bits per heavy atom. The summed E-state index contributed by atoms with van der Waals surface area (Å²) in [7, 11) is 0. The average Bonchev–Trinajstić information content (AvgIpc) is 2.87. The van der Waals surface area contributed by atoms with Crippen molar-refractivity contribution < 1.29 is 14.4 Å². The third kappa shape index (κ3) is 5.52. The number of hydrogen-bond acceptors (Lipinski definition) is 3. The average molecular weight is 325 g/mol. The first-order valence-corrected chi connectivity index (χ1v) is 8.56. The first-order valence-electron chi connectivity index (χ1n) is 8.56. The van der Waals surface area contributed by atoms with Crippen LogP contribution in [0.4, 0.5) is 0 Å². The van der Waals surface area contributed by atoms with Crippen LogP contribution in [0, 0.1) is 11.8 Å². The SMILES string of the molecule is CCC(CC)C(=O)NCCNC(=O)C1CC(=O)N(C(C)(C)C)C1. The second-order valence-corrected chi connectivity index (χ2v) is 7.17. The molecule has 0 aromatic heterocycles. The van der Waals surface area contributed by atoms with Gasteiger partial charge in [0.25, 0.3) is 0 Å². The molecular formula is C17H31N3O3. The lowest BCUT2D eigenvalue weighted by atomic mass is 10.0. The number of carbonyl (C=O) groups is 3. The van der Waals surface area contributed by atoms with E-state index in [0.29, 0.717) is 19.6 Å². The summed E-state index contributed by atoms with van der Waals surface area (Å²) >= 11 is 0. The molecule has 6 heteroatoms. The van der Waals surface area contributed by atoms with Gasteiger partial charge in [-0.3, -0.25) is 14.4 Å². The number of hydrogen-bond donors (Lipinski definition) is 2. The van der Waals surface area contributed by atoms with Crippen molar-refractivity contribution >= 4 is 17.7 Å². The molecule has 1 atom stereocenters. The molecule has 0 bridgehead atoms. The zero-order valence-corrected chi connectivity index (χ0v) is 15.1. The smallest absolute Gasteiger partial charge is 0.225 e. The zero-order chi connectivity index (χ0) is 17.6. The van der Waals surface area contributed by atoms with Gasteiger partial charge < -0.3 is 15.5 Å². The quantitative estimate of drug-likeness (QED) is 0.693. The Morgan fingerprint density at radius 1 is 1.17 bits per heavy atom. The summed E-state index contributed by atoms with van der Waals surface area (Å²) in [6.07, 6.45) is 1.91. The third-order valence-corrected chi connectivity index (χ3v) is 4.39. The van der Waals surface area contributed by atoms with Gasteiger partial charge in [0.2, 0.25) is 17.7 Å². The fourth-order valence-corrected chi connectivity index (χ4v) is 2.85. The van der Waals surface area contributed by atoms with Gasteiger partial charge in [0.05, 0.1) is 5.92 Å². The lowest BCUT2D eigenvalue weighted by Gasteiger charge is -2.31. The van der Waals surface area contributed by atoms with Crippen molar-refractivity contribution in [3.05, 3.63) is 0 Å². The molecular weight excluding hydrogens is 294 g/mol. The van der Waals surface area contributed by atoms with Gasteiger partial charge in [-0.1, -0.05) is 13.8 Å². The van der Waals surface area contributed by atoms with E-state index in [1.165, 1.54) is 0 Å². The van der Waals surface area contributed by atoms with Gasteiger partial charge in [0, 0.05) is 37.5 Å². The fourth-order valence-electron chi connectivity index (χ4n) is 2.85. The molecule has 0 radical (unpaired) electrons. The van der Waals surface area contributed by atoms with E-state index in [9.17, 15) is 14.4 Å². The molecule has 1 saturated heterocycles. The van der Waals surface area contributed by atoms with E-state index in [2.05, 4.69) is 10.6 Å². The summed E-state index contributed by atoms with van der Waals surface area (Å²) in [6.45, 7) is 11.2. The molecule has 3 amide bonds. The molecule has 0 aromatic rings. The van der Waals surface area contributed by atoms with Gasteiger partial charge in [-0.2, -0.15) is 0 Å². The molecule has 2 N–H and O–H groups in total. The predicted molar refractivity (Wildman–Crippen MR) is 89.7 cm³/mol. The van der Waals surface area contributed by atoms with E-state index in [0.717, 1.165) is 12.8 Å². The van der Waals surface area contributed by atoms with E-state index in [4.69, 9.17) is 0 Å². The van der Waals surface area contributed by atoms with Crippen LogP contribution in [0.25, 0.3) is 0 Å². The Hall–Kier alpha value is -1.59. The van der Waals surface area contributed by atoms with E-state index >= 15 is 0 Å². The highest BCUT2D eigenvalue weighted by atomic mass is 16.2. The maximum atomic E-state index is 12.2. The number of nitrogens with one attached hydrogen (secondary N) is 2. The highest BCUT2D eigenvalue weighted by Crippen LogP contribution is 2.25. The maximum absolute atomic E-state index is 12.2. The summed E-state index contributed by atoms with van der Waals surface area (Å²) in [4.78, 5) is 37.7. The lowest BCUT2D eigenvalue weighted by molar-refractivity contribution is -0.132. The van der Waals surface area contributed by atoms with E-state index in [-0.39, 0.29) is 41.5 Å². The number of carbonyl (C=O) groups excluding carboxylic acids is 3. The van der Waals surface area contributed by atoms with Crippen molar-refractivity contribution in [3.8, 4) is 0 Å². The number of likely N-dealkylation sites (tertiary alicyclic amines) is 1. The van der Waals surface area contributed by atoms with Crippen molar-refractivity contribution in [2.75, 3.05) is 19.6 Å². The normalized spacial score (nSPS) is 18.4. The minimum Gasteiger partial charge on any atom is -0.354 e. The van der Waals surface area contributed by atoms with Crippen LogP contribution in [0.1, 0.15) is 53.9 Å². The standard InChI is InChI=1S/C17H31N3O3/c1-6-12(7-2)15(22)18-8-9-19-16(23)13-10-14(21)20(11-13)17(3,4)5/h12-13H,6-11H2,1-5H3,(H,18,22)(H,19,23). The Balaban J connectivity index is 2.33. The molecule has 1 unspecified atom stereocenters. The monoisotopic (exact) mass is 325 g/mol. The zero-order valence-electron chi connectivity index (χ0n) is 15.1. The Labute approximate surface area is 139 Å². The third-order valence-electron chi connectivity index (χ3n) is 4.39. The fraction of sp³-hybridized carbons (Fsp3) is 0.824. The van der Waals surface area contributed by atoms with Crippen molar-refractivity contribution in [1.82, 2.24) is 15.5 Å². The lowest BCUT2D eigenvalue weighted by Crippen LogP contribution is -2.43. The Bertz CT molecular complexity index is 439. The predicted octanol–water partition coefficient (Wildman–Crippen LogP) is 1.30. The minimum absolute atomic E-state index is 0.0275. The van der Waals surface area contributed by atoms with Crippen LogP contribution in [-0.4, -0.2) is 47.8 Å². The molecule has 0 aromatic carbocycles. The largest absolute Gasteiger partial charge is 0.354 e. The molecule has 6 nitrogen and oxygen atoms in total. The van der Waals surface area contributed by atoms with Crippen LogP contribution in [0.15, 0.2) is 0 Å². The molecule has 1 aliphatic rings. The topological polar surface area (TPSA) is 78.5 Å². The van der Waals surface area contributed by atoms with Gasteiger partial charge in [-0.15, -0.1) is 0 Å². The van der Waals surface area contributed by atoms with Crippen molar-refractivity contribution in [2.45, 2.75) is 59.4 Å². The maximum Gasteiger partial charge on any atom is 0.225 e. The van der Waals surface area contributed by atoms with Crippen LogP contribution in [0.2, 0.25) is 0 Å². The summed E-state index contributed by atoms with van der Waals surface area (Å²) in [5.74, 6) is -0.296. The van der Waals surface area contributed by atoms with Gasteiger partial charge in [-0.25, -0.2) is 0 Å². The van der Waals surface area contributed by atoms with Crippen molar-refractivity contribution in [1.29, 1.82) is 0 Å². The summed E-state index contributed by atoms with van der Waals surface area (Å²) in [6, 6.07) is 0. The van der Waals surface area contributed by atoms with E-state index in [1.54, 1.807) is 4.90 Å². The Kier molecular flexibility index (Phi) is 7.03. The number of rotatable bonds is 7. The van der Waals surface area contributed by atoms with Crippen LogP contribution in [0.3, 0.4) is 0 Å². The second-order valence-electron chi connectivity index (χ2n) is 7.17. The molecule has 23 heavy (non-hydrogen) atoms. The summed E-state index contributed by atoms with van der Waals surface area (Å²) in [5, 5.41) is 5.66.